The van der Waals surface area contributed by atoms with Crippen molar-refractivity contribution in [2.24, 2.45) is 0 Å². The van der Waals surface area contributed by atoms with E-state index in [1.807, 2.05) is 27.8 Å². The van der Waals surface area contributed by atoms with Crippen LogP contribution in [0.4, 0.5) is 0 Å². The number of likely N-dealkylation sites (N-methyl/N-ethyl adjacent to an activating group) is 1. The molecule has 2 aromatic rings. The third kappa shape index (κ3) is 3.64. The number of carbonyl (C=O) groups excluding carboxylic acids is 1. The minimum absolute atomic E-state index is 0.0421. The molecule has 0 aromatic heterocycles. The maximum atomic E-state index is 12.7. The van der Waals surface area contributed by atoms with Crippen molar-refractivity contribution in [2.45, 2.75) is 76.7 Å². The van der Waals surface area contributed by atoms with Gasteiger partial charge in [0.2, 0.25) is 12.7 Å². The third-order valence-electron chi connectivity index (χ3n) is 9.26. The number of phenols is 2. The van der Waals surface area contributed by atoms with Crippen molar-refractivity contribution in [3.63, 3.8) is 0 Å². The van der Waals surface area contributed by atoms with Gasteiger partial charge in [0.05, 0.1) is 25.3 Å². The number of aromatic hydroxyl groups is 2. The molecule has 1 unspecified atom stereocenters. The predicted molar refractivity (Wildman–Crippen MR) is 146 cm³/mol. The fraction of sp³-hybridized carbons (Fsp3) is 0.533. The number of ether oxygens (including phenoxy) is 3. The number of phenolic OH excluding ortho intramolecular Hbond substituents is 2. The Hall–Kier alpha value is -3.68. The van der Waals surface area contributed by atoms with Gasteiger partial charge >= 0.3 is 0 Å². The molecule has 4 heterocycles. The molecule has 10 heteroatoms. The molecule has 0 spiro atoms. The van der Waals surface area contributed by atoms with Crippen LogP contribution in [0.3, 0.4) is 0 Å². The summed E-state index contributed by atoms with van der Waals surface area (Å²) in [5.41, 5.74) is 4.74. The third-order valence-corrected chi connectivity index (χ3v) is 9.26. The average molecular weight is 549 g/mol. The van der Waals surface area contributed by atoms with Gasteiger partial charge in [0.1, 0.15) is 11.8 Å². The zero-order chi connectivity index (χ0) is 28.5. The summed E-state index contributed by atoms with van der Waals surface area (Å²) in [7, 11) is 3.56. The molecule has 0 saturated carbocycles. The van der Waals surface area contributed by atoms with Crippen LogP contribution in [-0.2, 0) is 17.6 Å². The molecule has 0 radical (unpaired) electrons. The molecule has 1 fully saturated rings. The van der Waals surface area contributed by atoms with Crippen molar-refractivity contribution in [1.82, 2.24) is 15.1 Å². The Kier molecular flexibility index (Phi) is 6.47. The lowest BCUT2D eigenvalue weighted by molar-refractivity contribution is -0.122. The van der Waals surface area contributed by atoms with Crippen LogP contribution in [0.2, 0.25) is 0 Å². The van der Waals surface area contributed by atoms with E-state index in [2.05, 4.69) is 27.3 Å². The van der Waals surface area contributed by atoms with E-state index in [0.29, 0.717) is 42.1 Å². The Morgan fingerprint density at radius 3 is 2.62 bits per heavy atom. The van der Waals surface area contributed by atoms with E-state index in [1.165, 1.54) is 0 Å². The lowest BCUT2D eigenvalue weighted by Gasteiger charge is -2.60. The van der Waals surface area contributed by atoms with Crippen molar-refractivity contribution in [3.8, 4) is 34.8 Å². The average Bonchev–Trinajstić information content (AvgIpc) is 3.41. The number of methoxy groups -OCH3 is 1. The lowest BCUT2D eigenvalue weighted by Crippen LogP contribution is -2.68. The second-order valence-corrected chi connectivity index (χ2v) is 11.3. The highest BCUT2D eigenvalue weighted by atomic mass is 16.7. The minimum Gasteiger partial charge on any atom is -0.507 e. The molecule has 6 rings (SSSR count). The second kappa shape index (κ2) is 9.75. The number of carbonyl (C=O) groups is 1. The van der Waals surface area contributed by atoms with Crippen molar-refractivity contribution >= 4 is 5.91 Å². The molecular formula is C30H36N4O6. The van der Waals surface area contributed by atoms with Gasteiger partial charge in [-0.1, -0.05) is 13.0 Å². The molecule has 10 nitrogen and oxygen atoms in total. The van der Waals surface area contributed by atoms with Crippen LogP contribution in [0.15, 0.2) is 6.07 Å². The van der Waals surface area contributed by atoms with Crippen LogP contribution in [0.5, 0.6) is 28.7 Å². The summed E-state index contributed by atoms with van der Waals surface area (Å²) in [4.78, 5) is 17.1. The van der Waals surface area contributed by atoms with Crippen molar-refractivity contribution in [2.75, 3.05) is 27.5 Å². The number of hydrogen-bond donors (Lipinski definition) is 3. The number of nitrogens with zero attached hydrogens (tertiary/aromatic N) is 3. The van der Waals surface area contributed by atoms with Crippen LogP contribution >= 0.6 is 0 Å². The van der Waals surface area contributed by atoms with Crippen LogP contribution in [0.1, 0.15) is 65.2 Å². The number of aryl methyl sites for hydroxylation is 1. The Bertz CT molecular complexity index is 1430. The first-order valence-electron chi connectivity index (χ1n) is 13.9. The first-order valence-corrected chi connectivity index (χ1v) is 13.9. The zero-order valence-corrected chi connectivity index (χ0v) is 23.6. The molecule has 4 aliphatic heterocycles. The highest BCUT2D eigenvalue weighted by Gasteiger charge is 2.56. The molecule has 1 saturated heterocycles. The number of piperazine rings is 1. The van der Waals surface area contributed by atoms with Crippen molar-refractivity contribution < 1.29 is 29.2 Å². The van der Waals surface area contributed by atoms with E-state index >= 15 is 0 Å². The highest BCUT2D eigenvalue weighted by Crippen LogP contribution is 2.58. The standard InChI is InChI=1S/C30H36N4O6/c1-6-7-22(35)32-12-21-24-17(26(36)15(3)29-30(24)40-13-39-29)10-19-25-23-16(8-14(2)28(38-5)27(23)37)9-18(33(25)4)20(11-31)34(19)21/h8,18-21,25,36-37H,6-7,9-10,12-13H2,1-5H3,(H,32,35)/t18-,19?,20-,21-,25-/m0/s1. The van der Waals surface area contributed by atoms with Crippen LogP contribution in [0, 0.1) is 25.2 Å². The number of hydrogen-bond acceptors (Lipinski definition) is 9. The van der Waals surface area contributed by atoms with Gasteiger partial charge in [-0.25, -0.2) is 0 Å². The molecule has 212 valence electrons. The molecule has 0 aliphatic carbocycles. The Labute approximate surface area is 234 Å². The summed E-state index contributed by atoms with van der Waals surface area (Å²) in [5.74, 6) is 1.71. The van der Waals surface area contributed by atoms with Crippen LogP contribution < -0.4 is 19.5 Å². The molecular weight excluding hydrogens is 512 g/mol. The zero-order valence-electron chi connectivity index (χ0n) is 23.6. The molecule has 5 atom stereocenters. The number of nitrogens with one attached hydrogen (secondary N) is 1. The SMILES string of the molecule is CCCC(=O)NC[C@H]1c2c(c(O)c(C)c3c2OCO3)CC2[C@H]3c4c(cc(C)c(OC)c4O)C[C@@H]([C@H](C#N)N21)N3C. The molecule has 4 aliphatic rings. The second-order valence-electron chi connectivity index (χ2n) is 11.3. The maximum Gasteiger partial charge on any atom is 0.231 e. The van der Waals surface area contributed by atoms with Crippen LogP contribution in [-0.4, -0.2) is 71.5 Å². The summed E-state index contributed by atoms with van der Waals surface area (Å²) in [5, 5.41) is 36.7. The predicted octanol–water partition coefficient (Wildman–Crippen LogP) is 3.14. The van der Waals surface area contributed by atoms with Gasteiger partial charge in [-0.2, -0.15) is 5.26 Å². The summed E-state index contributed by atoms with van der Waals surface area (Å²) >= 11 is 0. The van der Waals surface area contributed by atoms with Gasteiger partial charge in [-0.15, -0.1) is 0 Å². The van der Waals surface area contributed by atoms with E-state index in [1.54, 1.807) is 7.11 Å². The monoisotopic (exact) mass is 548 g/mol. The Morgan fingerprint density at radius 2 is 1.93 bits per heavy atom. The number of benzene rings is 2. The molecule has 2 aromatic carbocycles. The summed E-state index contributed by atoms with van der Waals surface area (Å²) in [6, 6.07) is 2.98. The van der Waals surface area contributed by atoms with Crippen LogP contribution in [0.25, 0.3) is 0 Å². The van der Waals surface area contributed by atoms with Crippen molar-refractivity contribution in [1.29, 1.82) is 5.26 Å². The van der Waals surface area contributed by atoms with E-state index in [4.69, 9.17) is 14.2 Å². The first-order chi connectivity index (χ1) is 19.2. The van der Waals surface area contributed by atoms with Gasteiger partial charge < -0.3 is 29.7 Å². The first kappa shape index (κ1) is 26.5. The number of nitriles is 1. The van der Waals surface area contributed by atoms with Gasteiger partial charge in [-0.05, 0) is 51.3 Å². The maximum absolute atomic E-state index is 12.7. The fourth-order valence-corrected chi connectivity index (χ4v) is 7.57. The van der Waals surface area contributed by atoms with E-state index in [-0.39, 0.29) is 48.9 Å². The highest BCUT2D eigenvalue weighted by molar-refractivity contribution is 5.76. The number of rotatable bonds is 5. The van der Waals surface area contributed by atoms with E-state index < -0.39 is 12.1 Å². The molecule has 3 N–H and O–H groups in total. The normalized spacial score (nSPS) is 26.4. The van der Waals surface area contributed by atoms with Gasteiger partial charge in [0.15, 0.2) is 23.0 Å². The summed E-state index contributed by atoms with van der Waals surface area (Å²) < 4.78 is 17.3. The van der Waals surface area contributed by atoms with E-state index in [0.717, 1.165) is 34.2 Å². The van der Waals surface area contributed by atoms with Gasteiger partial charge in [-0.3, -0.25) is 14.6 Å². The van der Waals surface area contributed by atoms with E-state index in [9.17, 15) is 20.3 Å². The van der Waals surface area contributed by atoms with Gasteiger partial charge in [0.25, 0.3) is 0 Å². The topological polar surface area (TPSA) is 128 Å². The molecule has 2 bridgehead atoms. The quantitative estimate of drug-likeness (QED) is 0.516. The summed E-state index contributed by atoms with van der Waals surface area (Å²) in [6.45, 7) is 5.97. The Morgan fingerprint density at radius 1 is 1.18 bits per heavy atom. The Balaban J connectivity index is 1.57. The largest absolute Gasteiger partial charge is 0.507 e. The smallest absolute Gasteiger partial charge is 0.231 e. The number of fused-ring (bicyclic) bond motifs is 9. The van der Waals surface area contributed by atoms with Crippen molar-refractivity contribution in [3.05, 3.63) is 39.4 Å². The van der Waals surface area contributed by atoms with Gasteiger partial charge in [0, 0.05) is 47.3 Å². The fourth-order valence-electron chi connectivity index (χ4n) is 7.57. The lowest BCUT2D eigenvalue weighted by atomic mass is 9.71. The molecule has 1 amide bonds. The molecule has 40 heavy (non-hydrogen) atoms. The summed E-state index contributed by atoms with van der Waals surface area (Å²) in [6.07, 6.45) is 2.13. The minimum atomic E-state index is -0.508. The number of amides is 1.